The predicted molar refractivity (Wildman–Crippen MR) is 96.1 cm³/mol. The lowest BCUT2D eigenvalue weighted by Gasteiger charge is -2.18. The third kappa shape index (κ3) is 5.28. The molecule has 3 amide bonds. The zero-order valence-electron chi connectivity index (χ0n) is 13.6. The van der Waals surface area contributed by atoms with Gasteiger partial charge in [0.05, 0.1) is 12.5 Å². The van der Waals surface area contributed by atoms with Crippen LogP contribution in [-0.2, 0) is 4.79 Å². The normalized spacial score (nSPS) is 11.6. The van der Waals surface area contributed by atoms with Crippen LogP contribution in [0.3, 0.4) is 0 Å². The molecule has 0 saturated heterocycles. The smallest absolute Gasteiger partial charge is 0.312 e. The van der Waals surface area contributed by atoms with Gasteiger partial charge < -0.3 is 16.4 Å². The van der Waals surface area contributed by atoms with Crippen molar-refractivity contribution >= 4 is 29.2 Å². The Bertz CT molecular complexity index is 724. The highest BCUT2D eigenvalue weighted by molar-refractivity contribution is 6.30. The van der Waals surface area contributed by atoms with Crippen LogP contribution in [0.5, 0.6) is 0 Å². The van der Waals surface area contributed by atoms with Crippen LogP contribution in [-0.4, -0.2) is 11.9 Å². The molecule has 0 radical (unpaired) electrons. The van der Waals surface area contributed by atoms with Crippen LogP contribution in [0, 0.1) is 13.8 Å². The fraction of sp³-hybridized carbons (Fsp3) is 0.222. The Kier molecular flexibility index (Phi) is 5.82. The highest BCUT2D eigenvalue weighted by Gasteiger charge is 2.17. The summed E-state index contributed by atoms with van der Waals surface area (Å²) < 4.78 is 0. The van der Waals surface area contributed by atoms with Crippen molar-refractivity contribution in [3.05, 3.63) is 64.2 Å². The minimum Gasteiger partial charge on any atom is -0.352 e. The summed E-state index contributed by atoms with van der Waals surface area (Å²) in [5.41, 5.74) is 8.84. The lowest BCUT2D eigenvalue weighted by Crippen LogP contribution is -2.35. The molecule has 0 aliphatic carbocycles. The van der Waals surface area contributed by atoms with Gasteiger partial charge in [0.15, 0.2) is 0 Å². The van der Waals surface area contributed by atoms with E-state index in [-0.39, 0.29) is 12.3 Å². The minimum absolute atomic E-state index is 0.0670. The van der Waals surface area contributed by atoms with E-state index in [4.69, 9.17) is 17.3 Å². The number of rotatable bonds is 5. The first-order chi connectivity index (χ1) is 11.3. The maximum absolute atomic E-state index is 12.3. The van der Waals surface area contributed by atoms with Gasteiger partial charge in [-0.2, -0.15) is 0 Å². The first-order valence-corrected chi connectivity index (χ1v) is 7.91. The summed E-state index contributed by atoms with van der Waals surface area (Å²) in [4.78, 5) is 23.6. The quantitative estimate of drug-likeness (QED) is 0.772. The monoisotopic (exact) mass is 345 g/mol. The summed E-state index contributed by atoms with van der Waals surface area (Å²) in [6, 6.07) is 11.5. The van der Waals surface area contributed by atoms with Crippen molar-refractivity contribution in [1.29, 1.82) is 0 Å². The van der Waals surface area contributed by atoms with E-state index in [0.717, 1.165) is 22.4 Å². The van der Waals surface area contributed by atoms with E-state index in [1.807, 2.05) is 32.0 Å². The van der Waals surface area contributed by atoms with Gasteiger partial charge >= 0.3 is 6.03 Å². The maximum Gasteiger partial charge on any atom is 0.312 e. The molecule has 2 rings (SSSR count). The zero-order chi connectivity index (χ0) is 17.7. The summed E-state index contributed by atoms with van der Waals surface area (Å²) in [7, 11) is 0. The molecular weight excluding hydrogens is 326 g/mol. The number of benzene rings is 2. The molecule has 0 spiro atoms. The summed E-state index contributed by atoms with van der Waals surface area (Å²) in [6.07, 6.45) is 0.0670. The summed E-state index contributed by atoms with van der Waals surface area (Å²) >= 11 is 5.87. The number of urea groups is 1. The molecule has 0 bridgehead atoms. The van der Waals surface area contributed by atoms with Crippen molar-refractivity contribution < 1.29 is 9.59 Å². The molecule has 4 N–H and O–H groups in total. The molecule has 0 aromatic heterocycles. The van der Waals surface area contributed by atoms with E-state index >= 15 is 0 Å². The predicted octanol–water partition coefficient (Wildman–Crippen LogP) is 3.70. The van der Waals surface area contributed by atoms with Gasteiger partial charge in [0, 0.05) is 10.7 Å². The number of hydrogen-bond donors (Lipinski definition) is 3. The first-order valence-electron chi connectivity index (χ1n) is 7.53. The van der Waals surface area contributed by atoms with Crippen molar-refractivity contribution in [1.82, 2.24) is 5.32 Å². The Morgan fingerprint density at radius 1 is 1.08 bits per heavy atom. The molecule has 6 heteroatoms. The molecule has 126 valence electrons. The van der Waals surface area contributed by atoms with Crippen molar-refractivity contribution in [2.75, 3.05) is 5.32 Å². The topological polar surface area (TPSA) is 84.2 Å². The average Bonchev–Trinajstić information content (AvgIpc) is 2.45. The first kappa shape index (κ1) is 17.8. The van der Waals surface area contributed by atoms with Crippen LogP contribution in [0.1, 0.15) is 29.2 Å². The molecule has 0 aliphatic rings. The van der Waals surface area contributed by atoms with E-state index in [2.05, 4.69) is 10.6 Å². The number of carbonyl (C=O) groups is 2. The van der Waals surface area contributed by atoms with Gasteiger partial charge in [-0.15, -0.1) is 0 Å². The van der Waals surface area contributed by atoms with Crippen LogP contribution < -0.4 is 16.4 Å². The molecule has 1 atom stereocenters. The minimum atomic E-state index is -0.686. The number of amides is 3. The number of halogens is 1. The Balaban J connectivity index is 2.11. The largest absolute Gasteiger partial charge is 0.352 e. The van der Waals surface area contributed by atoms with E-state index < -0.39 is 12.1 Å². The maximum atomic E-state index is 12.3. The van der Waals surface area contributed by atoms with Crippen LogP contribution in [0.15, 0.2) is 42.5 Å². The number of carbonyl (C=O) groups excluding carboxylic acids is 2. The number of primary amides is 1. The molecule has 1 unspecified atom stereocenters. The second-order valence-corrected chi connectivity index (χ2v) is 6.18. The Hall–Kier alpha value is -2.53. The highest BCUT2D eigenvalue weighted by Crippen LogP contribution is 2.21. The van der Waals surface area contributed by atoms with Gasteiger partial charge in [-0.1, -0.05) is 29.8 Å². The van der Waals surface area contributed by atoms with Gasteiger partial charge in [0.25, 0.3) is 0 Å². The van der Waals surface area contributed by atoms with Crippen LogP contribution >= 0.6 is 11.6 Å². The second kappa shape index (κ2) is 7.84. The number of nitrogens with one attached hydrogen (secondary N) is 2. The van der Waals surface area contributed by atoms with Gasteiger partial charge in [0.1, 0.15) is 0 Å². The van der Waals surface area contributed by atoms with Crippen molar-refractivity contribution in [2.45, 2.75) is 26.3 Å². The summed E-state index contributed by atoms with van der Waals surface area (Å²) in [5, 5.41) is 6.02. The Morgan fingerprint density at radius 2 is 1.67 bits per heavy atom. The van der Waals surface area contributed by atoms with Gasteiger partial charge in [-0.3, -0.25) is 4.79 Å². The Labute approximate surface area is 146 Å². The molecule has 2 aromatic carbocycles. The molecule has 2 aromatic rings. The number of hydrogen-bond acceptors (Lipinski definition) is 2. The fourth-order valence-corrected chi connectivity index (χ4v) is 2.69. The van der Waals surface area contributed by atoms with E-state index in [9.17, 15) is 9.59 Å². The molecule has 0 aliphatic heterocycles. The van der Waals surface area contributed by atoms with Crippen LogP contribution in [0.2, 0.25) is 5.02 Å². The lowest BCUT2D eigenvalue weighted by atomic mass is 10.0. The Morgan fingerprint density at radius 3 is 2.21 bits per heavy atom. The molecule has 24 heavy (non-hydrogen) atoms. The van der Waals surface area contributed by atoms with Crippen molar-refractivity contribution in [3.8, 4) is 0 Å². The molecule has 0 fully saturated rings. The standard InChI is InChI=1S/C18H20ClN3O2/c1-11-7-12(2)9-15(8-11)21-17(23)10-16(22-18(20)24)13-3-5-14(19)6-4-13/h3-9,16H,10H2,1-2H3,(H,21,23)(H3,20,22,24). The lowest BCUT2D eigenvalue weighted by molar-refractivity contribution is -0.116. The summed E-state index contributed by atoms with van der Waals surface area (Å²) in [5.74, 6) is -0.214. The van der Waals surface area contributed by atoms with Crippen LogP contribution in [0.4, 0.5) is 10.5 Å². The average molecular weight is 346 g/mol. The third-order valence-electron chi connectivity index (χ3n) is 3.48. The van der Waals surface area contributed by atoms with E-state index in [0.29, 0.717) is 5.02 Å². The molecule has 0 heterocycles. The molecule has 0 saturated carbocycles. The highest BCUT2D eigenvalue weighted by atomic mass is 35.5. The third-order valence-corrected chi connectivity index (χ3v) is 3.74. The summed E-state index contributed by atoms with van der Waals surface area (Å²) in [6.45, 7) is 3.93. The molecule has 5 nitrogen and oxygen atoms in total. The van der Waals surface area contributed by atoms with Crippen molar-refractivity contribution in [3.63, 3.8) is 0 Å². The van der Waals surface area contributed by atoms with E-state index in [1.165, 1.54) is 0 Å². The van der Waals surface area contributed by atoms with E-state index in [1.54, 1.807) is 24.3 Å². The molecular formula is C18H20ClN3O2. The van der Waals surface area contributed by atoms with Gasteiger partial charge in [0.2, 0.25) is 5.91 Å². The fourth-order valence-electron chi connectivity index (χ4n) is 2.56. The zero-order valence-corrected chi connectivity index (χ0v) is 14.4. The number of nitrogens with two attached hydrogens (primary N) is 1. The van der Waals surface area contributed by atoms with Gasteiger partial charge in [-0.05, 0) is 54.8 Å². The SMILES string of the molecule is Cc1cc(C)cc(NC(=O)CC(NC(N)=O)c2ccc(Cl)cc2)c1. The van der Waals surface area contributed by atoms with Gasteiger partial charge in [-0.25, -0.2) is 4.79 Å². The van der Waals surface area contributed by atoms with Crippen molar-refractivity contribution in [2.24, 2.45) is 5.73 Å². The number of aryl methyl sites for hydroxylation is 2. The van der Waals surface area contributed by atoms with Crippen LogP contribution in [0.25, 0.3) is 0 Å². The number of anilines is 1. The second-order valence-electron chi connectivity index (χ2n) is 5.74.